The summed E-state index contributed by atoms with van der Waals surface area (Å²) in [5, 5.41) is 35.0. The van der Waals surface area contributed by atoms with Crippen LogP contribution in [0.2, 0.25) is 0 Å². The van der Waals surface area contributed by atoms with Crippen LogP contribution >= 0.6 is 0 Å². The Hall–Kier alpha value is -0.200. The van der Waals surface area contributed by atoms with Crippen LogP contribution in [0.15, 0.2) is 0 Å². The second-order valence-corrected chi connectivity index (χ2v) is 7.09. The molecule has 5 nitrogen and oxygen atoms in total. The summed E-state index contributed by atoms with van der Waals surface area (Å²) in [6.45, 7) is 2.73. The van der Waals surface area contributed by atoms with Gasteiger partial charge in [0.25, 0.3) is 0 Å². The molecule has 5 heteroatoms. The maximum absolute atomic E-state index is 10.9. The smallest absolute Gasteiger partial charge is 0.182 e. The van der Waals surface area contributed by atoms with Crippen molar-refractivity contribution in [3.8, 4) is 0 Å². The van der Waals surface area contributed by atoms with Gasteiger partial charge in [-0.05, 0) is 38.5 Å². The fraction of sp³-hybridized carbons (Fsp3) is 1.00. The zero-order chi connectivity index (χ0) is 16.0. The number of hydroxylamine groups is 1. The second-order valence-electron chi connectivity index (χ2n) is 7.09. The Morgan fingerprint density at radius 3 is 2.18 bits per heavy atom. The summed E-state index contributed by atoms with van der Waals surface area (Å²) >= 11 is 0. The third kappa shape index (κ3) is 4.20. The Balaban J connectivity index is 2.15. The van der Waals surface area contributed by atoms with E-state index in [1.54, 1.807) is 0 Å². The van der Waals surface area contributed by atoms with Gasteiger partial charge in [-0.1, -0.05) is 50.6 Å². The molecule has 1 heterocycles. The van der Waals surface area contributed by atoms with E-state index in [9.17, 15) is 15.4 Å². The quantitative estimate of drug-likeness (QED) is 0.747. The van der Waals surface area contributed by atoms with Crippen molar-refractivity contribution in [1.82, 2.24) is 10.2 Å². The highest BCUT2D eigenvalue weighted by atomic mass is 16.6. The molecule has 1 saturated heterocycles. The van der Waals surface area contributed by atoms with Gasteiger partial charge in [0.05, 0.1) is 6.10 Å². The Morgan fingerprint density at radius 2 is 1.55 bits per heavy atom. The number of nitrogens with zero attached hydrogens (tertiary/aromatic N) is 2. The van der Waals surface area contributed by atoms with Crippen LogP contribution in [0.3, 0.4) is 0 Å². The summed E-state index contributed by atoms with van der Waals surface area (Å²) in [7, 11) is 0. The van der Waals surface area contributed by atoms with Crippen LogP contribution in [-0.4, -0.2) is 50.0 Å². The van der Waals surface area contributed by atoms with Crippen LogP contribution in [0, 0.1) is 0 Å². The SMILES string of the molecule is CCCC1(O)C(O)CCCCN(C2CCCCCCC2)N1O. The molecule has 0 radical (unpaired) electrons. The number of hydrogen-bond donors (Lipinski definition) is 3. The first-order valence-corrected chi connectivity index (χ1v) is 9.25. The molecule has 2 rings (SSSR count). The standard InChI is InChI=1S/C17H34N2O3/c1-2-13-17(21)16(20)12-8-9-14-18(19(17)22)15-10-6-4-3-5-7-11-15/h15-16,20-22H,2-14H2,1H3. The van der Waals surface area contributed by atoms with Crippen LogP contribution in [0.5, 0.6) is 0 Å². The van der Waals surface area contributed by atoms with Gasteiger partial charge < -0.3 is 10.2 Å². The molecule has 2 unspecified atom stereocenters. The fourth-order valence-electron chi connectivity index (χ4n) is 4.00. The van der Waals surface area contributed by atoms with E-state index in [1.807, 2.05) is 11.9 Å². The topological polar surface area (TPSA) is 67.2 Å². The molecular weight excluding hydrogens is 280 g/mol. The molecule has 1 aliphatic carbocycles. The maximum Gasteiger partial charge on any atom is 0.182 e. The van der Waals surface area contributed by atoms with Crippen LogP contribution in [0.25, 0.3) is 0 Å². The van der Waals surface area contributed by atoms with Gasteiger partial charge in [-0.15, -0.1) is 0 Å². The van der Waals surface area contributed by atoms with Gasteiger partial charge in [-0.2, -0.15) is 0 Å². The average molecular weight is 314 g/mol. The minimum atomic E-state index is -1.54. The summed E-state index contributed by atoms with van der Waals surface area (Å²) in [6, 6.07) is 0.277. The first-order valence-electron chi connectivity index (χ1n) is 9.25. The molecule has 130 valence electrons. The van der Waals surface area contributed by atoms with Crippen molar-refractivity contribution >= 4 is 0 Å². The maximum atomic E-state index is 10.9. The molecule has 0 bridgehead atoms. The lowest BCUT2D eigenvalue weighted by Crippen LogP contribution is -2.64. The summed E-state index contributed by atoms with van der Waals surface area (Å²) in [5.41, 5.74) is -1.54. The van der Waals surface area contributed by atoms with Gasteiger partial charge in [0.2, 0.25) is 0 Å². The van der Waals surface area contributed by atoms with Crippen LogP contribution < -0.4 is 0 Å². The monoisotopic (exact) mass is 314 g/mol. The molecule has 1 saturated carbocycles. The van der Waals surface area contributed by atoms with Gasteiger partial charge in [-0.3, -0.25) is 5.21 Å². The molecule has 0 aromatic heterocycles. The third-order valence-electron chi connectivity index (χ3n) is 5.35. The molecule has 3 N–H and O–H groups in total. The Bertz CT molecular complexity index is 321. The van der Waals surface area contributed by atoms with E-state index in [1.165, 1.54) is 32.1 Å². The van der Waals surface area contributed by atoms with Crippen molar-refractivity contribution < 1.29 is 15.4 Å². The molecule has 2 atom stereocenters. The van der Waals surface area contributed by atoms with E-state index in [2.05, 4.69) is 0 Å². The van der Waals surface area contributed by atoms with E-state index in [4.69, 9.17) is 0 Å². The number of hydrogen-bond acceptors (Lipinski definition) is 5. The summed E-state index contributed by atoms with van der Waals surface area (Å²) < 4.78 is 0. The number of hydrazine groups is 1. The summed E-state index contributed by atoms with van der Waals surface area (Å²) in [4.78, 5) is 0. The number of aliphatic hydroxyl groups is 2. The third-order valence-corrected chi connectivity index (χ3v) is 5.35. The van der Waals surface area contributed by atoms with Gasteiger partial charge in [0, 0.05) is 12.6 Å². The summed E-state index contributed by atoms with van der Waals surface area (Å²) in [6.07, 6.45) is 10.9. The van der Waals surface area contributed by atoms with Crippen LogP contribution in [0.4, 0.5) is 0 Å². The lowest BCUT2D eigenvalue weighted by Gasteiger charge is -2.48. The predicted molar refractivity (Wildman–Crippen MR) is 86.2 cm³/mol. The second kappa shape index (κ2) is 8.60. The van der Waals surface area contributed by atoms with E-state index in [0.717, 1.165) is 43.8 Å². The highest BCUT2D eigenvalue weighted by Crippen LogP contribution is 2.32. The lowest BCUT2D eigenvalue weighted by molar-refractivity contribution is -0.398. The molecule has 2 fully saturated rings. The highest BCUT2D eigenvalue weighted by molar-refractivity contribution is 4.86. The van der Waals surface area contributed by atoms with E-state index < -0.39 is 11.8 Å². The minimum absolute atomic E-state index is 0.277. The van der Waals surface area contributed by atoms with Crippen molar-refractivity contribution in [3.05, 3.63) is 0 Å². The minimum Gasteiger partial charge on any atom is -0.389 e. The largest absolute Gasteiger partial charge is 0.389 e. The van der Waals surface area contributed by atoms with Gasteiger partial charge in [0.15, 0.2) is 5.72 Å². The van der Waals surface area contributed by atoms with Gasteiger partial charge in [0.1, 0.15) is 0 Å². The van der Waals surface area contributed by atoms with Crippen molar-refractivity contribution in [3.63, 3.8) is 0 Å². The van der Waals surface area contributed by atoms with Crippen molar-refractivity contribution in [2.45, 2.75) is 102 Å². The molecule has 0 amide bonds. The van der Waals surface area contributed by atoms with Crippen molar-refractivity contribution in [2.75, 3.05) is 6.54 Å². The molecule has 2 aliphatic rings. The molecule has 0 aromatic carbocycles. The normalized spacial score (nSPS) is 34.6. The highest BCUT2D eigenvalue weighted by Gasteiger charge is 2.45. The van der Waals surface area contributed by atoms with Gasteiger partial charge in [-0.25, -0.2) is 5.01 Å². The van der Waals surface area contributed by atoms with E-state index >= 15 is 0 Å². The van der Waals surface area contributed by atoms with Crippen LogP contribution in [-0.2, 0) is 0 Å². The van der Waals surface area contributed by atoms with E-state index in [-0.39, 0.29) is 6.04 Å². The Morgan fingerprint density at radius 1 is 0.955 bits per heavy atom. The zero-order valence-corrected chi connectivity index (χ0v) is 14.1. The van der Waals surface area contributed by atoms with E-state index in [0.29, 0.717) is 12.8 Å². The predicted octanol–water partition coefficient (Wildman–Crippen LogP) is 3.04. The number of aliphatic hydroxyl groups excluding tert-OH is 1. The fourth-order valence-corrected chi connectivity index (χ4v) is 4.00. The Labute approximate surface area is 134 Å². The molecular formula is C17H34N2O3. The molecule has 0 spiro atoms. The number of rotatable bonds is 3. The van der Waals surface area contributed by atoms with Crippen LogP contribution in [0.1, 0.15) is 84.0 Å². The molecule has 1 aliphatic heterocycles. The summed E-state index contributed by atoms with van der Waals surface area (Å²) in [5.74, 6) is 0. The van der Waals surface area contributed by atoms with Crippen molar-refractivity contribution in [1.29, 1.82) is 0 Å². The average Bonchev–Trinajstić information content (AvgIpc) is 2.46. The zero-order valence-electron chi connectivity index (χ0n) is 14.1. The van der Waals surface area contributed by atoms with Crippen molar-refractivity contribution in [2.24, 2.45) is 0 Å². The lowest BCUT2D eigenvalue weighted by atomic mass is 9.93. The van der Waals surface area contributed by atoms with Gasteiger partial charge >= 0.3 is 0 Å². The Kier molecular flexibility index (Phi) is 7.09. The first-order chi connectivity index (χ1) is 10.6. The molecule has 0 aromatic rings. The molecule has 22 heavy (non-hydrogen) atoms. The first kappa shape index (κ1) is 18.1.